The first-order chi connectivity index (χ1) is 16.9. The summed E-state index contributed by atoms with van der Waals surface area (Å²) in [5.41, 5.74) is 9.13. The molecule has 1 unspecified atom stereocenters. The Bertz CT molecular complexity index is 1210. The van der Waals surface area contributed by atoms with E-state index in [0.29, 0.717) is 17.2 Å². The number of ketones is 1. The van der Waals surface area contributed by atoms with Gasteiger partial charge in [0, 0.05) is 11.3 Å². The minimum atomic E-state index is -0.0719. The number of anilines is 1. The van der Waals surface area contributed by atoms with Gasteiger partial charge >= 0.3 is 0 Å². The SMILES string of the molecule is C=C/C=C\C.C=CC1=CCC(CCc2ccccc2F)C1.CC(=O)c1c(N)ccc2ccccc12. The Morgan fingerprint density at radius 1 is 1.09 bits per heavy atom. The number of benzene rings is 3. The molecule has 0 amide bonds. The summed E-state index contributed by atoms with van der Waals surface area (Å²) >= 11 is 0. The van der Waals surface area contributed by atoms with Crippen molar-refractivity contribution in [3.05, 3.63) is 127 Å². The molecule has 0 radical (unpaired) electrons. The maximum Gasteiger partial charge on any atom is 0.162 e. The summed E-state index contributed by atoms with van der Waals surface area (Å²) in [4.78, 5) is 11.4. The highest BCUT2D eigenvalue weighted by Gasteiger charge is 2.15. The molecule has 35 heavy (non-hydrogen) atoms. The third-order valence-electron chi connectivity index (χ3n) is 5.92. The van der Waals surface area contributed by atoms with E-state index in [0.717, 1.165) is 42.0 Å². The number of carbonyl (C=O) groups is 1. The number of hydrogen-bond acceptors (Lipinski definition) is 2. The molecule has 3 aromatic carbocycles. The molecular weight excluding hydrogens is 433 g/mol. The van der Waals surface area contributed by atoms with Gasteiger partial charge in [0.05, 0.1) is 0 Å². The summed E-state index contributed by atoms with van der Waals surface area (Å²) in [6.45, 7) is 10.7. The minimum Gasteiger partial charge on any atom is -0.398 e. The van der Waals surface area contributed by atoms with Gasteiger partial charge in [0.25, 0.3) is 0 Å². The second-order valence-corrected chi connectivity index (χ2v) is 8.49. The number of aryl methyl sites for hydroxylation is 1. The van der Waals surface area contributed by atoms with Crippen LogP contribution in [0.4, 0.5) is 10.1 Å². The third-order valence-corrected chi connectivity index (χ3v) is 5.92. The highest BCUT2D eigenvalue weighted by molar-refractivity contribution is 6.11. The fourth-order valence-electron chi connectivity index (χ4n) is 4.08. The van der Waals surface area contributed by atoms with E-state index in [-0.39, 0.29) is 11.6 Å². The topological polar surface area (TPSA) is 43.1 Å². The minimum absolute atomic E-state index is 0.0132. The van der Waals surface area contributed by atoms with Crippen molar-refractivity contribution in [1.82, 2.24) is 0 Å². The van der Waals surface area contributed by atoms with Gasteiger partial charge in [-0.1, -0.05) is 97.6 Å². The number of Topliss-reactive ketones (excluding diaryl/α,β-unsaturated/α-hetero) is 1. The molecule has 1 aliphatic carbocycles. The largest absolute Gasteiger partial charge is 0.398 e. The van der Waals surface area contributed by atoms with Crippen LogP contribution in [0.15, 0.2) is 110 Å². The number of rotatable bonds is 6. The molecule has 4 rings (SSSR count). The van der Waals surface area contributed by atoms with E-state index in [2.05, 4.69) is 19.2 Å². The molecule has 2 nitrogen and oxygen atoms in total. The van der Waals surface area contributed by atoms with Crippen molar-refractivity contribution in [3.8, 4) is 0 Å². The average molecular weight is 470 g/mol. The van der Waals surface area contributed by atoms with Gasteiger partial charge in [-0.25, -0.2) is 4.39 Å². The molecule has 1 atom stereocenters. The molecule has 0 heterocycles. The van der Waals surface area contributed by atoms with Crippen molar-refractivity contribution in [2.24, 2.45) is 5.92 Å². The Kier molecular flexibility index (Phi) is 11.4. The van der Waals surface area contributed by atoms with Crippen LogP contribution in [-0.4, -0.2) is 5.78 Å². The van der Waals surface area contributed by atoms with Crippen LogP contribution < -0.4 is 5.73 Å². The van der Waals surface area contributed by atoms with Gasteiger partial charge in [-0.05, 0) is 73.9 Å². The fourth-order valence-corrected chi connectivity index (χ4v) is 4.08. The van der Waals surface area contributed by atoms with Crippen LogP contribution in [0, 0.1) is 11.7 Å². The molecule has 182 valence electrons. The average Bonchev–Trinajstić information content (AvgIpc) is 3.33. The summed E-state index contributed by atoms with van der Waals surface area (Å²) in [7, 11) is 0. The van der Waals surface area contributed by atoms with Gasteiger partial charge in [-0.3, -0.25) is 4.79 Å². The number of fused-ring (bicyclic) bond motifs is 1. The molecule has 2 N–H and O–H groups in total. The Labute approximate surface area is 209 Å². The standard InChI is InChI=1S/C15H17F.C12H11NO.C5H8/c1-2-12-7-8-13(11-12)9-10-14-5-3-4-6-15(14)16;1-8(14)12-10-5-3-2-4-9(10)6-7-11(12)13;1-3-5-4-2/h2-7,13H,1,8-11H2;2-7H,13H2,1H3;3-5H,1H2,2H3/b;;5-4-. The van der Waals surface area contributed by atoms with Gasteiger partial charge < -0.3 is 5.73 Å². The lowest BCUT2D eigenvalue weighted by Gasteiger charge is -2.09. The first-order valence-electron chi connectivity index (χ1n) is 12.0. The zero-order valence-corrected chi connectivity index (χ0v) is 20.8. The monoisotopic (exact) mass is 469 g/mol. The molecule has 0 aromatic heterocycles. The summed E-state index contributed by atoms with van der Waals surface area (Å²) in [6.07, 6.45) is 13.9. The molecule has 3 heteroatoms. The molecule has 1 aliphatic rings. The van der Waals surface area contributed by atoms with E-state index in [1.807, 2.05) is 67.6 Å². The number of nitrogens with two attached hydrogens (primary N) is 1. The number of halogens is 1. The summed E-state index contributed by atoms with van der Waals surface area (Å²) in [5, 5.41) is 1.98. The molecule has 0 saturated heterocycles. The van der Waals surface area contributed by atoms with Gasteiger partial charge in [0.2, 0.25) is 0 Å². The van der Waals surface area contributed by atoms with E-state index in [1.54, 1.807) is 18.2 Å². The van der Waals surface area contributed by atoms with Crippen LogP contribution in [0.25, 0.3) is 10.8 Å². The number of hydrogen-bond donors (Lipinski definition) is 1. The Balaban J connectivity index is 0.000000209. The van der Waals surface area contributed by atoms with Crippen molar-refractivity contribution < 1.29 is 9.18 Å². The van der Waals surface area contributed by atoms with Crippen LogP contribution in [0.1, 0.15) is 49.0 Å². The van der Waals surface area contributed by atoms with E-state index in [9.17, 15) is 9.18 Å². The zero-order chi connectivity index (χ0) is 25.6. The first kappa shape index (κ1) is 27.5. The van der Waals surface area contributed by atoms with Crippen LogP contribution in [0.2, 0.25) is 0 Å². The first-order valence-corrected chi connectivity index (χ1v) is 12.0. The maximum absolute atomic E-state index is 13.4. The molecule has 0 aliphatic heterocycles. The highest BCUT2D eigenvalue weighted by Crippen LogP contribution is 2.29. The van der Waals surface area contributed by atoms with E-state index in [1.165, 1.54) is 18.6 Å². The Morgan fingerprint density at radius 3 is 2.40 bits per heavy atom. The van der Waals surface area contributed by atoms with Crippen LogP contribution in [-0.2, 0) is 6.42 Å². The van der Waals surface area contributed by atoms with E-state index >= 15 is 0 Å². The predicted molar refractivity (Wildman–Crippen MR) is 149 cm³/mol. The molecule has 0 fully saturated rings. The summed E-state index contributed by atoms with van der Waals surface area (Å²) < 4.78 is 13.4. The van der Waals surface area contributed by atoms with Crippen LogP contribution in [0.3, 0.4) is 0 Å². The fraction of sp³-hybridized carbons (Fsp3) is 0.219. The number of carbonyl (C=O) groups excluding carboxylic acids is 1. The van der Waals surface area contributed by atoms with Gasteiger partial charge in [-0.15, -0.1) is 0 Å². The molecule has 3 aromatic rings. The van der Waals surface area contributed by atoms with Crippen molar-refractivity contribution in [2.45, 2.75) is 39.5 Å². The smallest absolute Gasteiger partial charge is 0.162 e. The quantitative estimate of drug-likeness (QED) is 0.223. The summed E-state index contributed by atoms with van der Waals surface area (Å²) in [5.74, 6) is 0.615. The predicted octanol–water partition coefficient (Wildman–Crippen LogP) is 8.65. The normalized spacial score (nSPS) is 14.4. The second kappa shape index (κ2) is 14.5. The molecule has 0 saturated carbocycles. The Morgan fingerprint density at radius 2 is 1.80 bits per heavy atom. The second-order valence-electron chi connectivity index (χ2n) is 8.49. The lowest BCUT2D eigenvalue weighted by molar-refractivity contribution is 0.102. The van der Waals surface area contributed by atoms with Crippen molar-refractivity contribution in [1.29, 1.82) is 0 Å². The van der Waals surface area contributed by atoms with Crippen molar-refractivity contribution in [2.75, 3.05) is 5.73 Å². The van der Waals surface area contributed by atoms with Gasteiger partial charge in [0.15, 0.2) is 5.78 Å². The number of nitrogen functional groups attached to an aromatic ring is 1. The van der Waals surface area contributed by atoms with Gasteiger partial charge in [-0.2, -0.15) is 0 Å². The Hall–Kier alpha value is -3.72. The van der Waals surface area contributed by atoms with Crippen molar-refractivity contribution >= 4 is 22.2 Å². The van der Waals surface area contributed by atoms with Gasteiger partial charge in [0.1, 0.15) is 5.82 Å². The maximum atomic E-state index is 13.4. The summed E-state index contributed by atoms with van der Waals surface area (Å²) in [6, 6.07) is 18.5. The van der Waals surface area contributed by atoms with Crippen LogP contribution in [0.5, 0.6) is 0 Å². The number of allylic oxidation sites excluding steroid dienone is 6. The third kappa shape index (κ3) is 8.53. The van der Waals surface area contributed by atoms with E-state index in [4.69, 9.17) is 5.73 Å². The van der Waals surface area contributed by atoms with E-state index < -0.39 is 0 Å². The highest BCUT2D eigenvalue weighted by atomic mass is 19.1. The lowest BCUT2D eigenvalue weighted by Crippen LogP contribution is -2.00. The van der Waals surface area contributed by atoms with Crippen molar-refractivity contribution in [3.63, 3.8) is 0 Å². The molecular formula is C32H36FNO. The van der Waals surface area contributed by atoms with Crippen LogP contribution >= 0.6 is 0 Å². The lowest BCUT2D eigenvalue weighted by atomic mass is 9.96. The molecule has 0 bridgehead atoms. The zero-order valence-electron chi connectivity index (χ0n) is 20.8. The molecule has 0 spiro atoms.